The molecule has 0 radical (unpaired) electrons. The highest BCUT2D eigenvalue weighted by atomic mass is 32.2. The number of amides is 1. The summed E-state index contributed by atoms with van der Waals surface area (Å²) in [5, 5.41) is 0. The van der Waals surface area contributed by atoms with Crippen molar-refractivity contribution in [3.63, 3.8) is 0 Å². The van der Waals surface area contributed by atoms with E-state index in [0.717, 1.165) is 42.7 Å². The van der Waals surface area contributed by atoms with Crippen LogP contribution in [0, 0.1) is 0 Å². The third-order valence-corrected chi connectivity index (χ3v) is 8.81. The van der Waals surface area contributed by atoms with E-state index in [2.05, 4.69) is 23.8 Å². The predicted molar refractivity (Wildman–Crippen MR) is 124 cm³/mol. The van der Waals surface area contributed by atoms with Gasteiger partial charge in [0.1, 0.15) is 13.2 Å². The molecule has 1 saturated carbocycles. The van der Waals surface area contributed by atoms with Crippen molar-refractivity contribution in [3.8, 4) is 11.5 Å². The Morgan fingerprint density at radius 2 is 1.73 bits per heavy atom. The quantitative estimate of drug-likeness (QED) is 0.735. The van der Waals surface area contributed by atoms with Gasteiger partial charge < -0.3 is 14.4 Å². The normalized spacial score (nSPS) is 21.2. The zero-order valence-electron chi connectivity index (χ0n) is 19.1. The highest BCUT2D eigenvalue weighted by Gasteiger charge is 2.46. The zero-order chi connectivity index (χ0) is 23.2. The molecule has 176 valence electrons. The Labute approximate surface area is 195 Å². The van der Waals surface area contributed by atoms with Crippen LogP contribution in [0.5, 0.6) is 11.5 Å². The van der Waals surface area contributed by atoms with Gasteiger partial charge in [0.05, 0.1) is 10.9 Å². The molecule has 2 aliphatic heterocycles. The lowest BCUT2D eigenvalue weighted by molar-refractivity contribution is 0.0593. The first-order chi connectivity index (χ1) is 15.8. The number of nitrogens with zero attached hydrogens (tertiary/aromatic N) is 1. The van der Waals surface area contributed by atoms with Crippen LogP contribution in [0.25, 0.3) is 0 Å². The molecule has 3 aliphatic rings. The second kappa shape index (κ2) is 8.33. The summed E-state index contributed by atoms with van der Waals surface area (Å²) < 4.78 is 38.7. The average molecular weight is 471 g/mol. The van der Waals surface area contributed by atoms with Crippen LogP contribution < -0.4 is 14.2 Å². The minimum absolute atomic E-state index is 0.0817. The van der Waals surface area contributed by atoms with E-state index in [4.69, 9.17) is 9.47 Å². The third-order valence-electron chi connectivity index (χ3n) is 7.24. The highest BCUT2D eigenvalue weighted by Crippen LogP contribution is 2.52. The molecule has 1 amide bonds. The molecule has 1 spiro atoms. The van der Waals surface area contributed by atoms with Gasteiger partial charge >= 0.3 is 0 Å². The fourth-order valence-corrected chi connectivity index (χ4v) is 6.61. The number of hydrogen-bond donors (Lipinski definition) is 1. The lowest BCUT2D eigenvalue weighted by atomic mass is 9.71. The van der Waals surface area contributed by atoms with E-state index in [1.807, 2.05) is 4.90 Å². The first kappa shape index (κ1) is 22.2. The predicted octanol–water partition coefficient (Wildman–Crippen LogP) is 3.78. The van der Waals surface area contributed by atoms with Gasteiger partial charge in [-0.2, -0.15) is 0 Å². The zero-order valence-corrected chi connectivity index (χ0v) is 19.9. The van der Waals surface area contributed by atoms with Gasteiger partial charge in [0.2, 0.25) is 10.0 Å². The Bertz CT molecular complexity index is 1170. The van der Waals surface area contributed by atoms with Crippen molar-refractivity contribution in [2.75, 3.05) is 26.3 Å². The third kappa shape index (κ3) is 3.79. The molecule has 1 N–H and O–H groups in total. The number of rotatable bonds is 4. The molecule has 0 saturated heterocycles. The molecule has 2 aromatic rings. The summed E-state index contributed by atoms with van der Waals surface area (Å²) in [7, 11) is -3.56. The maximum atomic E-state index is 13.6. The number of ether oxygens (including phenoxy) is 2. The van der Waals surface area contributed by atoms with Gasteiger partial charge in [-0.1, -0.05) is 19.8 Å². The van der Waals surface area contributed by atoms with E-state index in [-0.39, 0.29) is 22.3 Å². The summed E-state index contributed by atoms with van der Waals surface area (Å²) in [6.07, 6.45) is 4.36. The van der Waals surface area contributed by atoms with Gasteiger partial charge in [-0.05, 0) is 67.3 Å². The Balaban J connectivity index is 1.50. The number of sulfonamides is 1. The van der Waals surface area contributed by atoms with Crippen LogP contribution in [0.15, 0.2) is 41.3 Å². The average Bonchev–Trinajstić information content (AvgIpc) is 3.29. The van der Waals surface area contributed by atoms with Gasteiger partial charge in [0.25, 0.3) is 5.91 Å². The van der Waals surface area contributed by atoms with Crippen molar-refractivity contribution >= 4 is 15.9 Å². The van der Waals surface area contributed by atoms with E-state index in [1.165, 1.54) is 17.7 Å². The van der Waals surface area contributed by atoms with E-state index in [1.54, 1.807) is 19.1 Å². The highest BCUT2D eigenvalue weighted by molar-refractivity contribution is 7.89. The fourth-order valence-electron chi connectivity index (χ4n) is 5.57. The number of carbonyl (C=O) groups is 1. The molecule has 1 fully saturated rings. The summed E-state index contributed by atoms with van der Waals surface area (Å²) in [6.45, 7) is 5.83. The van der Waals surface area contributed by atoms with Crippen LogP contribution in [0.4, 0.5) is 0 Å². The van der Waals surface area contributed by atoms with Crippen molar-refractivity contribution in [3.05, 3.63) is 53.1 Å². The number of nitrogens with one attached hydrogen (secondary N) is 1. The molecule has 0 aromatic heterocycles. The first-order valence-corrected chi connectivity index (χ1v) is 13.2. The SMILES string of the molecule is CCNS(=O)(=O)c1ccc(C(=O)N2CC3(CCCC3)c3cc4c(cc3[C@@H]2C)OCCO4)cc1. The van der Waals surface area contributed by atoms with Crippen LogP contribution >= 0.6 is 0 Å². The maximum Gasteiger partial charge on any atom is 0.254 e. The van der Waals surface area contributed by atoms with Crippen LogP contribution in [-0.2, 0) is 15.4 Å². The van der Waals surface area contributed by atoms with E-state index in [9.17, 15) is 13.2 Å². The van der Waals surface area contributed by atoms with Crippen molar-refractivity contribution in [2.45, 2.75) is 55.9 Å². The van der Waals surface area contributed by atoms with Crippen molar-refractivity contribution in [2.24, 2.45) is 0 Å². The topological polar surface area (TPSA) is 84.9 Å². The van der Waals surface area contributed by atoms with Gasteiger partial charge in [-0.3, -0.25) is 4.79 Å². The lowest BCUT2D eigenvalue weighted by Crippen LogP contribution is -2.48. The fraction of sp³-hybridized carbons (Fsp3) is 0.480. The van der Waals surface area contributed by atoms with Gasteiger partial charge in [-0.25, -0.2) is 13.1 Å². The van der Waals surface area contributed by atoms with Crippen molar-refractivity contribution in [1.29, 1.82) is 0 Å². The Morgan fingerprint density at radius 1 is 1.09 bits per heavy atom. The number of hydrogen-bond acceptors (Lipinski definition) is 5. The summed E-state index contributed by atoms with van der Waals surface area (Å²) >= 11 is 0. The molecule has 0 unspecified atom stereocenters. The molecule has 0 bridgehead atoms. The molecular formula is C25H30N2O5S. The summed E-state index contributed by atoms with van der Waals surface area (Å²) in [5.41, 5.74) is 2.81. The second-order valence-electron chi connectivity index (χ2n) is 9.21. The maximum absolute atomic E-state index is 13.6. The van der Waals surface area contributed by atoms with E-state index < -0.39 is 10.0 Å². The summed E-state index contributed by atoms with van der Waals surface area (Å²) in [5.74, 6) is 1.46. The van der Waals surface area contributed by atoms with Crippen LogP contribution in [0.2, 0.25) is 0 Å². The Morgan fingerprint density at radius 3 is 2.36 bits per heavy atom. The summed E-state index contributed by atoms with van der Waals surface area (Å²) in [6, 6.07) is 10.3. The van der Waals surface area contributed by atoms with Gasteiger partial charge in [-0.15, -0.1) is 0 Å². The first-order valence-electron chi connectivity index (χ1n) is 11.7. The number of carbonyl (C=O) groups excluding carboxylic acids is 1. The molecular weight excluding hydrogens is 440 g/mol. The Hall–Kier alpha value is -2.58. The van der Waals surface area contributed by atoms with Crippen molar-refractivity contribution in [1.82, 2.24) is 9.62 Å². The monoisotopic (exact) mass is 470 g/mol. The van der Waals surface area contributed by atoms with Crippen LogP contribution in [0.1, 0.15) is 67.1 Å². The largest absolute Gasteiger partial charge is 0.486 e. The molecule has 2 heterocycles. The van der Waals surface area contributed by atoms with Crippen LogP contribution in [-0.4, -0.2) is 45.5 Å². The smallest absolute Gasteiger partial charge is 0.254 e. The lowest BCUT2D eigenvalue weighted by Gasteiger charge is -2.46. The second-order valence-corrected chi connectivity index (χ2v) is 11.0. The van der Waals surface area contributed by atoms with Gasteiger partial charge in [0, 0.05) is 24.1 Å². The molecule has 1 atom stereocenters. The van der Waals surface area contributed by atoms with Crippen molar-refractivity contribution < 1.29 is 22.7 Å². The summed E-state index contributed by atoms with van der Waals surface area (Å²) in [4.78, 5) is 15.7. The number of fused-ring (bicyclic) bond motifs is 3. The standard InChI is InChI=1S/C25H30N2O5S/c1-3-26-33(29,30)19-8-6-18(7-9-19)24(28)27-16-25(10-4-5-11-25)21-15-23-22(31-12-13-32-23)14-20(21)17(27)2/h6-9,14-15,17,26H,3-5,10-13,16H2,1-2H3/t17-/m0/s1. The number of benzene rings is 2. The van der Waals surface area contributed by atoms with E-state index >= 15 is 0 Å². The molecule has 8 heteroatoms. The minimum atomic E-state index is -3.56. The minimum Gasteiger partial charge on any atom is -0.486 e. The molecule has 7 nitrogen and oxygen atoms in total. The van der Waals surface area contributed by atoms with E-state index in [0.29, 0.717) is 31.9 Å². The van der Waals surface area contributed by atoms with Gasteiger partial charge in [0.15, 0.2) is 11.5 Å². The molecule has 2 aromatic carbocycles. The Kier molecular flexibility index (Phi) is 5.61. The molecule has 33 heavy (non-hydrogen) atoms. The molecule has 5 rings (SSSR count). The van der Waals surface area contributed by atoms with Crippen LogP contribution in [0.3, 0.4) is 0 Å². The molecule has 1 aliphatic carbocycles.